The van der Waals surface area contributed by atoms with Crippen molar-refractivity contribution in [1.82, 2.24) is 10.6 Å². The van der Waals surface area contributed by atoms with Crippen LogP contribution in [0.2, 0.25) is 0 Å². The van der Waals surface area contributed by atoms with Crippen LogP contribution in [-0.2, 0) is 0 Å². The lowest BCUT2D eigenvalue weighted by Crippen LogP contribution is -2.50. The van der Waals surface area contributed by atoms with Gasteiger partial charge in [-0.25, -0.2) is 0 Å². The molecular formula is C12H16N2O2. The van der Waals surface area contributed by atoms with Crippen molar-refractivity contribution in [1.29, 1.82) is 0 Å². The van der Waals surface area contributed by atoms with Gasteiger partial charge in [0.05, 0.1) is 7.11 Å². The summed E-state index contributed by atoms with van der Waals surface area (Å²) in [5.74, 6) is 0.655. The number of methoxy groups -OCH3 is 1. The molecule has 1 aromatic carbocycles. The molecule has 0 saturated carbocycles. The van der Waals surface area contributed by atoms with Crippen molar-refractivity contribution in [3.8, 4) is 5.75 Å². The highest BCUT2D eigenvalue weighted by Gasteiger charge is 2.17. The molecular weight excluding hydrogens is 204 g/mol. The van der Waals surface area contributed by atoms with Crippen LogP contribution in [0.5, 0.6) is 5.75 Å². The molecule has 0 aromatic heterocycles. The molecule has 2 N–H and O–H groups in total. The van der Waals surface area contributed by atoms with Gasteiger partial charge in [0.25, 0.3) is 5.91 Å². The predicted octanol–water partition coefficient (Wildman–Crippen LogP) is 0.787. The summed E-state index contributed by atoms with van der Waals surface area (Å²) in [4.78, 5) is 11.8. The van der Waals surface area contributed by atoms with Gasteiger partial charge >= 0.3 is 0 Å². The fourth-order valence-corrected chi connectivity index (χ4v) is 1.60. The van der Waals surface area contributed by atoms with E-state index in [1.54, 1.807) is 19.2 Å². The van der Waals surface area contributed by atoms with Crippen LogP contribution in [0.3, 0.4) is 0 Å². The van der Waals surface area contributed by atoms with Crippen LogP contribution in [0.1, 0.15) is 16.8 Å². The second-order valence-electron chi connectivity index (χ2n) is 3.88. The first kappa shape index (κ1) is 11.0. The summed E-state index contributed by atoms with van der Waals surface area (Å²) in [6.45, 7) is 1.75. The Kier molecular flexibility index (Phi) is 3.41. The Morgan fingerprint density at radius 3 is 3.06 bits per heavy atom. The molecule has 0 aliphatic carbocycles. The maximum absolute atomic E-state index is 11.8. The molecule has 0 bridgehead atoms. The van der Waals surface area contributed by atoms with Gasteiger partial charge in [-0.15, -0.1) is 0 Å². The number of carbonyl (C=O) groups is 1. The maximum Gasteiger partial charge on any atom is 0.251 e. The van der Waals surface area contributed by atoms with Crippen molar-refractivity contribution in [3.05, 3.63) is 29.8 Å². The zero-order valence-corrected chi connectivity index (χ0v) is 9.32. The van der Waals surface area contributed by atoms with Gasteiger partial charge < -0.3 is 15.4 Å². The van der Waals surface area contributed by atoms with E-state index in [9.17, 15) is 4.79 Å². The molecule has 16 heavy (non-hydrogen) atoms. The molecule has 86 valence electrons. The fourth-order valence-electron chi connectivity index (χ4n) is 1.60. The molecule has 1 aliphatic heterocycles. The topological polar surface area (TPSA) is 50.4 Å². The van der Waals surface area contributed by atoms with E-state index in [1.807, 2.05) is 12.1 Å². The third-order valence-corrected chi connectivity index (χ3v) is 2.77. The Hall–Kier alpha value is -1.55. The monoisotopic (exact) mass is 220 g/mol. The number of hydrogen-bond acceptors (Lipinski definition) is 3. The van der Waals surface area contributed by atoms with Gasteiger partial charge in [0.15, 0.2) is 0 Å². The molecule has 1 amide bonds. The molecule has 1 aromatic rings. The Labute approximate surface area is 95.0 Å². The molecule has 1 unspecified atom stereocenters. The van der Waals surface area contributed by atoms with Gasteiger partial charge in [0, 0.05) is 18.2 Å². The number of nitrogens with one attached hydrogen (secondary N) is 2. The highest BCUT2D eigenvalue weighted by Crippen LogP contribution is 2.12. The van der Waals surface area contributed by atoms with Gasteiger partial charge in [-0.1, -0.05) is 6.07 Å². The van der Waals surface area contributed by atoms with Gasteiger partial charge in [-0.05, 0) is 31.2 Å². The molecule has 0 radical (unpaired) electrons. The number of amides is 1. The summed E-state index contributed by atoms with van der Waals surface area (Å²) in [7, 11) is 1.59. The standard InChI is InChI=1S/C12H16N2O2/c1-16-11-4-2-3-9(7-11)12(15)14-8-10-5-6-13-10/h2-4,7,10,13H,5-6,8H2,1H3,(H,14,15). The van der Waals surface area contributed by atoms with E-state index in [0.29, 0.717) is 23.9 Å². The van der Waals surface area contributed by atoms with Gasteiger partial charge in [0.1, 0.15) is 5.75 Å². The lowest BCUT2D eigenvalue weighted by molar-refractivity contribution is 0.0945. The minimum Gasteiger partial charge on any atom is -0.497 e. The lowest BCUT2D eigenvalue weighted by Gasteiger charge is -2.27. The Balaban J connectivity index is 1.91. The van der Waals surface area contributed by atoms with Crippen molar-refractivity contribution >= 4 is 5.91 Å². The molecule has 0 spiro atoms. The van der Waals surface area contributed by atoms with Gasteiger partial charge in [-0.2, -0.15) is 0 Å². The van der Waals surface area contributed by atoms with Gasteiger partial charge in [0.2, 0.25) is 0 Å². The summed E-state index contributed by atoms with van der Waals surface area (Å²) in [5, 5.41) is 6.13. The molecule has 1 fully saturated rings. The molecule has 1 heterocycles. The fraction of sp³-hybridized carbons (Fsp3) is 0.417. The number of hydrogen-bond donors (Lipinski definition) is 2. The largest absolute Gasteiger partial charge is 0.497 e. The molecule has 2 rings (SSSR count). The van der Waals surface area contributed by atoms with Crippen molar-refractivity contribution in [2.45, 2.75) is 12.5 Å². The Morgan fingerprint density at radius 1 is 1.62 bits per heavy atom. The van der Waals surface area contributed by atoms with Gasteiger partial charge in [-0.3, -0.25) is 4.79 Å². The third kappa shape index (κ3) is 2.52. The normalized spacial score (nSPS) is 18.7. The van der Waals surface area contributed by atoms with Crippen LogP contribution >= 0.6 is 0 Å². The van der Waals surface area contributed by atoms with E-state index in [4.69, 9.17) is 4.74 Å². The third-order valence-electron chi connectivity index (χ3n) is 2.77. The highest BCUT2D eigenvalue weighted by atomic mass is 16.5. The van der Waals surface area contributed by atoms with Crippen LogP contribution in [-0.4, -0.2) is 32.1 Å². The number of carbonyl (C=O) groups excluding carboxylic acids is 1. The van der Waals surface area contributed by atoms with E-state index < -0.39 is 0 Å². The van der Waals surface area contributed by atoms with E-state index >= 15 is 0 Å². The second-order valence-corrected chi connectivity index (χ2v) is 3.88. The molecule has 4 nitrogen and oxygen atoms in total. The summed E-state index contributed by atoms with van der Waals surface area (Å²) in [6.07, 6.45) is 1.14. The average molecular weight is 220 g/mol. The SMILES string of the molecule is COc1cccc(C(=O)NCC2CCN2)c1. The quantitative estimate of drug-likeness (QED) is 0.788. The lowest BCUT2D eigenvalue weighted by atomic mass is 10.1. The highest BCUT2D eigenvalue weighted by molar-refractivity contribution is 5.94. The predicted molar refractivity (Wildman–Crippen MR) is 61.7 cm³/mol. The number of ether oxygens (including phenoxy) is 1. The first-order chi connectivity index (χ1) is 7.79. The Morgan fingerprint density at radius 2 is 2.44 bits per heavy atom. The van der Waals surface area contributed by atoms with E-state index in [-0.39, 0.29) is 5.91 Å². The van der Waals surface area contributed by atoms with Crippen LogP contribution < -0.4 is 15.4 Å². The van der Waals surface area contributed by atoms with Crippen LogP contribution in [0.15, 0.2) is 24.3 Å². The van der Waals surface area contributed by atoms with Crippen molar-refractivity contribution in [2.24, 2.45) is 0 Å². The summed E-state index contributed by atoms with van der Waals surface area (Å²) < 4.78 is 5.07. The smallest absolute Gasteiger partial charge is 0.251 e. The number of rotatable bonds is 4. The van der Waals surface area contributed by atoms with E-state index in [2.05, 4.69) is 10.6 Å². The van der Waals surface area contributed by atoms with E-state index in [1.165, 1.54) is 0 Å². The summed E-state index contributed by atoms with van der Waals surface area (Å²) in [5.41, 5.74) is 0.638. The molecule has 1 saturated heterocycles. The second kappa shape index (κ2) is 4.99. The summed E-state index contributed by atoms with van der Waals surface area (Å²) in [6, 6.07) is 7.60. The average Bonchev–Trinajstić information content (AvgIpc) is 2.27. The molecule has 1 aliphatic rings. The van der Waals surface area contributed by atoms with Crippen LogP contribution in [0.25, 0.3) is 0 Å². The van der Waals surface area contributed by atoms with Crippen molar-refractivity contribution in [2.75, 3.05) is 20.2 Å². The summed E-state index contributed by atoms with van der Waals surface area (Å²) >= 11 is 0. The Bertz CT molecular complexity index is 375. The van der Waals surface area contributed by atoms with E-state index in [0.717, 1.165) is 13.0 Å². The van der Waals surface area contributed by atoms with Crippen molar-refractivity contribution < 1.29 is 9.53 Å². The first-order valence-corrected chi connectivity index (χ1v) is 5.45. The first-order valence-electron chi connectivity index (χ1n) is 5.45. The van der Waals surface area contributed by atoms with Crippen LogP contribution in [0, 0.1) is 0 Å². The van der Waals surface area contributed by atoms with Crippen LogP contribution in [0.4, 0.5) is 0 Å². The minimum absolute atomic E-state index is 0.0485. The zero-order chi connectivity index (χ0) is 11.4. The molecule has 1 atom stereocenters. The zero-order valence-electron chi connectivity index (χ0n) is 9.32. The molecule has 4 heteroatoms. The number of benzene rings is 1. The van der Waals surface area contributed by atoms with Crippen molar-refractivity contribution in [3.63, 3.8) is 0 Å². The maximum atomic E-state index is 11.8. The minimum atomic E-state index is -0.0485.